The molecule has 2 bridgehead atoms. The quantitative estimate of drug-likeness (QED) is 0.537. The van der Waals surface area contributed by atoms with Gasteiger partial charge in [-0.05, 0) is 53.7 Å². The van der Waals surface area contributed by atoms with Crippen molar-refractivity contribution < 1.29 is 9.53 Å². The first-order chi connectivity index (χ1) is 14.8. The number of aromatic nitrogens is 1. The summed E-state index contributed by atoms with van der Waals surface area (Å²) in [5, 5.41) is 2.23. The highest BCUT2D eigenvalue weighted by Crippen LogP contribution is 2.52. The molecule has 1 saturated heterocycles. The third-order valence-electron chi connectivity index (χ3n) is 6.83. The summed E-state index contributed by atoms with van der Waals surface area (Å²) in [7, 11) is 0. The zero-order valence-corrected chi connectivity index (χ0v) is 18.6. The van der Waals surface area contributed by atoms with Crippen LogP contribution in [0.4, 0.5) is 0 Å². The molecule has 2 aliphatic rings. The number of fused-ring (bicyclic) bond motifs is 3. The second kappa shape index (κ2) is 7.37. The van der Waals surface area contributed by atoms with E-state index in [1.807, 2.05) is 42.5 Å². The third-order valence-corrected chi connectivity index (χ3v) is 6.83. The SMILES string of the molecule is CC1(C)C[C@@H]2C[C@@](C)(CN2C(=O)c2cccc(COc3cccc4ccccc34)n2)C1. The van der Waals surface area contributed by atoms with Crippen LogP contribution in [0.15, 0.2) is 60.7 Å². The maximum atomic E-state index is 13.4. The van der Waals surface area contributed by atoms with Gasteiger partial charge in [0.05, 0.1) is 5.69 Å². The minimum absolute atomic E-state index is 0.0541. The Hall–Kier alpha value is -2.88. The maximum absolute atomic E-state index is 13.4. The Bertz CT molecular complexity index is 1130. The second-order valence-electron chi connectivity index (χ2n) is 10.4. The lowest BCUT2D eigenvalue weighted by Gasteiger charge is -2.39. The van der Waals surface area contributed by atoms with Gasteiger partial charge in [-0.15, -0.1) is 0 Å². The van der Waals surface area contributed by atoms with Crippen LogP contribution in [0.25, 0.3) is 10.8 Å². The van der Waals surface area contributed by atoms with E-state index < -0.39 is 0 Å². The summed E-state index contributed by atoms with van der Waals surface area (Å²) in [6.45, 7) is 8.15. The van der Waals surface area contributed by atoms with Crippen molar-refractivity contribution in [1.29, 1.82) is 0 Å². The van der Waals surface area contributed by atoms with Gasteiger partial charge in [0.1, 0.15) is 18.1 Å². The van der Waals surface area contributed by atoms with Gasteiger partial charge in [0, 0.05) is 18.0 Å². The molecule has 2 aromatic carbocycles. The number of rotatable bonds is 4. The van der Waals surface area contributed by atoms with Crippen molar-refractivity contribution >= 4 is 16.7 Å². The molecule has 1 aromatic heterocycles. The number of nitrogens with zero attached hydrogens (tertiary/aromatic N) is 2. The zero-order chi connectivity index (χ0) is 21.6. The van der Waals surface area contributed by atoms with E-state index in [0.29, 0.717) is 18.3 Å². The molecule has 1 aliphatic heterocycles. The molecule has 160 valence electrons. The topological polar surface area (TPSA) is 42.4 Å². The van der Waals surface area contributed by atoms with Crippen LogP contribution < -0.4 is 4.74 Å². The molecular weight excluding hydrogens is 384 g/mol. The molecule has 0 radical (unpaired) electrons. The molecule has 31 heavy (non-hydrogen) atoms. The number of carbonyl (C=O) groups is 1. The first-order valence-electron chi connectivity index (χ1n) is 11.2. The fourth-order valence-corrected chi connectivity index (χ4v) is 6.00. The molecule has 2 atom stereocenters. The second-order valence-corrected chi connectivity index (χ2v) is 10.4. The highest BCUT2D eigenvalue weighted by atomic mass is 16.5. The minimum atomic E-state index is 0.0541. The molecular formula is C27H30N2O2. The van der Waals surface area contributed by atoms with Crippen LogP contribution in [0.5, 0.6) is 5.75 Å². The van der Waals surface area contributed by atoms with E-state index in [2.05, 4.69) is 48.9 Å². The normalized spacial score (nSPS) is 24.4. The smallest absolute Gasteiger partial charge is 0.272 e. The molecule has 4 nitrogen and oxygen atoms in total. The summed E-state index contributed by atoms with van der Waals surface area (Å²) < 4.78 is 6.09. The maximum Gasteiger partial charge on any atom is 0.272 e. The van der Waals surface area contributed by atoms with Gasteiger partial charge in [0.15, 0.2) is 0 Å². The summed E-state index contributed by atoms with van der Waals surface area (Å²) in [5.41, 5.74) is 1.80. The molecule has 0 N–H and O–H groups in total. The number of benzene rings is 2. The minimum Gasteiger partial charge on any atom is -0.487 e. The van der Waals surface area contributed by atoms with Crippen LogP contribution in [0.2, 0.25) is 0 Å². The number of hydrogen-bond acceptors (Lipinski definition) is 3. The molecule has 1 saturated carbocycles. The summed E-state index contributed by atoms with van der Waals surface area (Å²) in [6.07, 6.45) is 3.34. The van der Waals surface area contributed by atoms with Crippen LogP contribution in [0.3, 0.4) is 0 Å². The van der Waals surface area contributed by atoms with Crippen LogP contribution in [0.1, 0.15) is 56.2 Å². The Labute approximate surface area is 184 Å². The predicted octanol–water partition coefficient (Wildman–Crippen LogP) is 5.85. The number of carbonyl (C=O) groups excluding carboxylic acids is 1. The fourth-order valence-electron chi connectivity index (χ4n) is 6.00. The molecule has 2 fully saturated rings. The van der Waals surface area contributed by atoms with Crippen molar-refractivity contribution in [2.24, 2.45) is 10.8 Å². The van der Waals surface area contributed by atoms with Gasteiger partial charge in [-0.1, -0.05) is 63.2 Å². The van der Waals surface area contributed by atoms with Crippen molar-refractivity contribution in [1.82, 2.24) is 9.88 Å². The van der Waals surface area contributed by atoms with E-state index in [1.165, 1.54) is 6.42 Å². The predicted molar refractivity (Wildman–Crippen MR) is 123 cm³/mol. The lowest BCUT2D eigenvalue weighted by Crippen LogP contribution is -2.38. The zero-order valence-electron chi connectivity index (χ0n) is 18.6. The Morgan fingerprint density at radius 2 is 1.81 bits per heavy atom. The van der Waals surface area contributed by atoms with E-state index >= 15 is 0 Å². The van der Waals surface area contributed by atoms with Crippen LogP contribution >= 0.6 is 0 Å². The molecule has 3 aromatic rings. The number of amides is 1. The molecule has 1 aliphatic carbocycles. The largest absolute Gasteiger partial charge is 0.487 e. The Morgan fingerprint density at radius 1 is 1.03 bits per heavy atom. The van der Waals surface area contributed by atoms with Crippen molar-refractivity contribution in [3.05, 3.63) is 72.1 Å². The lowest BCUT2D eigenvalue weighted by molar-refractivity contribution is 0.0702. The number of likely N-dealkylation sites (tertiary alicyclic amines) is 1. The van der Waals surface area contributed by atoms with Crippen molar-refractivity contribution in [3.8, 4) is 5.75 Å². The average molecular weight is 415 g/mol. The highest BCUT2D eigenvalue weighted by Gasteiger charge is 2.51. The molecule has 2 heterocycles. The average Bonchev–Trinajstić information content (AvgIpc) is 3.00. The van der Waals surface area contributed by atoms with E-state index in [0.717, 1.165) is 41.6 Å². The molecule has 0 spiro atoms. The Kier molecular flexibility index (Phi) is 4.76. The third kappa shape index (κ3) is 3.91. The van der Waals surface area contributed by atoms with E-state index in [1.54, 1.807) is 0 Å². The van der Waals surface area contributed by atoms with Crippen molar-refractivity contribution in [2.45, 2.75) is 52.7 Å². The van der Waals surface area contributed by atoms with Crippen LogP contribution in [-0.4, -0.2) is 28.4 Å². The lowest BCUT2D eigenvalue weighted by atomic mass is 9.65. The first-order valence-corrected chi connectivity index (χ1v) is 11.2. The fraction of sp³-hybridized carbons (Fsp3) is 0.407. The van der Waals surface area contributed by atoms with Gasteiger partial charge in [-0.3, -0.25) is 4.79 Å². The van der Waals surface area contributed by atoms with E-state index in [9.17, 15) is 4.79 Å². The van der Waals surface area contributed by atoms with Gasteiger partial charge in [-0.2, -0.15) is 0 Å². The van der Waals surface area contributed by atoms with Gasteiger partial charge >= 0.3 is 0 Å². The Morgan fingerprint density at radius 3 is 2.68 bits per heavy atom. The van der Waals surface area contributed by atoms with Crippen molar-refractivity contribution in [2.75, 3.05) is 6.54 Å². The van der Waals surface area contributed by atoms with Gasteiger partial charge < -0.3 is 9.64 Å². The summed E-state index contributed by atoms with van der Waals surface area (Å²) in [6, 6.07) is 20.2. The van der Waals surface area contributed by atoms with Gasteiger partial charge in [0.25, 0.3) is 5.91 Å². The highest BCUT2D eigenvalue weighted by molar-refractivity contribution is 5.93. The van der Waals surface area contributed by atoms with Crippen LogP contribution in [-0.2, 0) is 6.61 Å². The number of ether oxygens (including phenoxy) is 1. The molecule has 0 unspecified atom stereocenters. The number of hydrogen-bond donors (Lipinski definition) is 0. The molecule has 4 heteroatoms. The summed E-state index contributed by atoms with van der Waals surface area (Å²) in [5.74, 6) is 0.888. The monoisotopic (exact) mass is 414 g/mol. The van der Waals surface area contributed by atoms with E-state index in [-0.39, 0.29) is 16.7 Å². The first kappa shape index (κ1) is 20.0. The number of pyridine rings is 1. The van der Waals surface area contributed by atoms with Gasteiger partial charge in [0.2, 0.25) is 0 Å². The standard InChI is InChI=1S/C27H30N2O2/c1-26(2)14-21-15-27(3,17-26)18-29(21)25(30)23-12-7-10-20(28-23)16-31-24-13-6-9-19-8-4-5-11-22(19)24/h4-13,21H,14-18H2,1-3H3/t21-,27-/m1/s1. The van der Waals surface area contributed by atoms with Crippen LogP contribution in [0, 0.1) is 10.8 Å². The summed E-state index contributed by atoms with van der Waals surface area (Å²) in [4.78, 5) is 20.1. The summed E-state index contributed by atoms with van der Waals surface area (Å²) >= 11 is 0. The molecule has 1 amide bonds. The van der Waals surface area contributed by atoms with Crippen molar-refractivity contribution in [3.63, 3.8) is 0 Å². The van der Waals surface area contributed by atoms with Gasteiger partial charge in [-0.25, -0.2) is 4.98 Å². The Balaban J connectivity index is 1.33. The van der Waals surface area contributed by atoms with E-state index in [4.69, 9.17) is 4.74 Å². The molecule has 5 rings (SSSR count).